The molecule has 2 radical (unpaired) electrons. The standard InChI is InChI=1S/4BF4.Cd.Pb/c4*2-1(3,4)5;;/q4*-1;2*+2. The fraction of sp³-hybridized carbons (Fsp3) is 0. The zero-order valence-electron chi connectivity index (χ0n) is 9.56. The molecule has 0 amide bonds. The zero-order valence-corrected chi connectivity index (χ0v) is 17.5. The summed E-state index contributed by atoms with van der Waals surface area (Å²) in [5.74, 6) is 0. The molecule has 0 bridgehead atoms. The van der Waals surface area contributed by atoms with Crippen molar-refractivity contribution < 1.29 is 96.3 Å². The first-order chi connectivity index (χ1) is 8.00. The molecule has 0 rings (SSSR count). The summed E-state index contributed by atoms with van der Waals surface area (Å²) in [6, 6.07) is 0. The first kappa shape index (κ1) is 38.5. The Morgan fingerprint density at radius 3 is 0.273 bits per heavy atom. The van der Waals surface area contributed by atoms with Gasteiger partial charge < -0.3 is 69.1 Å². The summed E-state index contributed by atoms with van der Waals surface area (Å²) in [6.07, 6.45) is 0. The van der Waals surface area contributed by atoms with Gasteiger partial charge in [0, 0.05) is 0 Å². The molecular formula is B4CdF16Pb. The van der Waals surface area contributed by atoms with E-state index in [1.807, 2.05) is 0 Å². The maximum Gasteiger partial charge on any atom is 2.00 e. The van der Waals surface area contributed by atoms with Gasteiger partial charge >= 0.3 is 83.6 Å². The average Bonchev–Trinajstić information content (AvgIpc) is 1.62. The average molecular weight is 667 g/mol. The van der Waals surface area contributed by atoms with Gasteiger partial charge in [0.2, 0.25) is 0 Å². The Kier molecular flexibility index (Phi) is 27.1. The molecule has 22 heteroatoms. The van der Waals surface area contributed by atoms with Crippen LogP contribution in [0.5, 0.6) is 0 Å². The number of rotatable bonds is 0. The van der Waals surface area contributed by atoms with E-state index >= 15 is 0 Å². The van der Waals surface area contributed by atoms with Gasteiger partial charge in [-0.05, 0) is 0 Å². The Bertz CT molecular complexity index is 136. The van der Waals surface area contributed by atoms with E-state index in [4.69, 9.17) is 0 Å². The molecule has 0 heterocycles. The fourth-order valence-corrected chi connectivity index (χ4v) is 0. The van der Waals surface area contributed by atoms with Crippen molar-refractivity contribution in [3.8, 4) is 0 Å². The van der Waals surface area contributed by atoms with E-state index in [-0.39, 0.29) is 54.6 Å². The van der Waals surface area contributed by atoms with Gasteiger partial charge in [-0.3, -0.25) is 0 Å². The topological polar surface area (TPSA) is 0 Å². The van der Waals surface area contributed by atoms with Crippen LogP contribution >= 0.6 is 0 Å². The van der Waals surface area contributed by atoms with Crippen LogP contribution in [0.15, 0.2) is 0 Å². The SMILES string of the molecule is F[B-](F)(F)F.F[B-](F)(F)F.F[B-](F)(F)F.F[B-](F)(F)F.[Cd+2].[Pb+2]. The summed E-state index contributed by atoms with van der Waals surface area (Å²) in [6.45, 7) is 0. The van der Waals surface area contributed by atoms with Gasteiger partial charge in [0.1, 0.15) is 0 Å². The maximum absolute atomic E-state index is 9.75. The van der Waals surface area contributed by atoms with E-state index in [0.29, 0.717) is 0 Å². The van der Waals surface area contributed by atoms with Crippen molar-refractivity contribution in [1.29, 1.82) is 0 Å². The first-order valence-corrected chi connectivity index (χ1v) is 3.49. The normalized spacial score (nSPS) is 10.9. The van der Waals surface area contributed by atoms with Gasteiger partial charge in [0.15, 0.2) is 0 Å². The molecule has 0 aliphatic carbocycles. The molecule has 0 aromatic carbocycles. The van der Waals surface area contributed by atoms with E-state index in [1.165, 1.54) is 0 Å². The van der Waals surface area contributed by atoms with Crippen molar-refractivity contribution in [2.24, 2.45) is 0 Å². The summed E-state index contributed by atoms with van der Waals surface area (Å²) in [7, 11) is -24.0. The van der Waals surface area contributed by atoms with E-state index in [0.717, 1.165) is 0 Å². The molecule has 0 aliphatic heterocycles. The molecule has 130 valence electrons. The number of hydrogen-bond donors (Lipinski definition) is 0. The van der Waals surface area contributed by atoms with Crippen molar-refractivity contribution in [1.82, 2.24) is 0 Å². The summed E-state index contributed by atoms with van der Waals surface area (Å²) < 4.78 is 156. The monoisotopic (exact) mass is 670 g/mol. The predicted octanol–water partition coefficient (Wildman–Crippen LogP) is 4.82. The molecule has 0 spiro atoms. The zero-order chi connectivity index (χ0) is 18.0. The smallest absolute Gasteiger partial charge is 0.418 e. The maximum atomic E-state index is 9.75. The van der Waals surface area contributed by atoms with Gasteiger partial charge in [0.25, 0.3) is 0 Å². The Hall–Kier alpha value is 0.984. The van der Waals surface area contributed by atoms with Crippen LogP contribution in [-0.2, 0) is 27.3 Å². The summed E-state index contributed by atoms with van der Waals surface area (Å²) >= 11 is 0. The molecule has 0 fully saturated rings. The van der Waals surface area contributed by atoms with Crippen LogP contribution < -0.4 is 0 Å². The minimum absolute atomic E-state index is 0. The minimum atomic E-state index is -6.00. The third-order valence-corrected chi connectivity index (χ3v) is 0. The Labute approximate surface area is 152 Å². The number of halogens is 16. The summed E-state index contributed by atoms with van der Waals surface area (Å²) in [5.41, 5.74) is 0. The van der Waals surface area contributed by atoms with Crippen LogP contribution in [0.2, 0.25) is 0 Å². The largest absolute Gasteiger partial charge is 2.00 e. The van der Waals surface area contributed by atoms with Crippen molar-refractivity contribution in [3.05, 3.63) is 0 Å². The summed E-state index contributed by atoms with van der Waals surface area (Å²) in [4.78, 5) is 0. The van der Waals surface area contributed by atoms with E-state index in [9.17, 15) is 69.1 Å². The van der Waals surface area contributed by atoms with Crippen LogP contribution in [-0.4, -0.2) is 56.3 Å². The summed E-state index contributed by atoms with van der Waals surface area (Å²) in [5, 5.41) is 0. The van der Waals surface area contributed by atoms with Crippen molar-refractivity contribution in [2.45, 2.75) is 0 Å². The molecule has 0 aromatic rings. The van der Waals surface area contributed by atoms with Gasteiger partial charge in [0.05, 0.1) is 0 Å². The first-order valence-electron chi connectivity index (χ1n) is 3.49. The second kappa shape index (κ2) is 15.5. The van der Waals surface area contributed by atoms with Gasteiger partial charge in [-0.2, -0.15) is 0 Å². The Morgan fingerprint density at radius 2 is 0.273 bits per heavy atom. The van der Waals surface area contributed by atoms with E-state index in [2.05, 4.69) is 0 Å². The minimum Gasteiger partial charge on any atom is -0.418 e. The third-order valence-electron chi connectivity index (χ3n) is 0. The number of hydrogen-bond acceptors (Lipinski definition) is 0. The fourth-order valence-electron chi connectivity index (χ4n) is 0. The molecule has 0 nitrogen and oxygen atoms in total. The predicted molar refractivity (Wildman–Crippen MR) is 46.5 cm³/mol. The van der Waals surface area contributed by atoms with Crippen molar-refractivity contribution in [3.63, 3.8) is 0 Å². The molecule has 0 N–H and O–H groups in total. The molecule has 0 atom stereocenters. The molecule has 0 saturated heterocycles. The molecule has 0 saturated carbocycles. The second-order valence-corrected chi connectivity index (χ2v) is 1.98. The van der Waals surface area contributed by atoms with Crippen molar-refractivity contribution in [2.75, 3.05) is 0 Å². The second-order valence-electron chi connectivity index (χ2n) is 1.98. The van der Waals surface area contributed by atoms with E-state index < -0.39 is 29.0 Å². The molecule has 22 heavy (non-hydrogen) atoms. The van der Waals surface area contributed by atoms with Crippen molar-refractivity contribution >= 4 is 56.3 Å². The quantitative estimate of drug-likeness (QED) is 0.257. The molecule has 0 aliphatic rings. The Morgan fingerprint density at radius 1 is 0.273 bits per heavy atom. The van der Waals surface area contributed by atoms with Crippen LogP contribution in [0.25, 0.3) is 0 Å². The van der Waals surface area contributed by atoms with E-state index in [1.54, 1.807) is 0 Å². The van der Waals surface area contributed by atoms with Crippen LogP contribution in [0.1, 0.15) is 0 Å². The van der Waals surface area contributed by atoms with Gasteiger partial charge in [-0.15, -0.1) is 0 Å². The third kappa shape index (κ3) is 8660. The van der Waals surface area contributed by atoms with Gasteiger partial charge in [-0.25, -0.2) is 0 Å². The molecule has 0 aromatic heterocycles. The van der Waals surface area contributed by atoms with Crippen LogP contribution in [0.4, 0.5) is 69.1 Å². The Balaban J connectivity index is -0.0000000376. The van der Waals surface area contributed by atoms with Gasteiger partial charge in [-0.1, -0.05) is 0 Å². The van der Waals surface area contributed by atoms with Crippen LogP contribution in [0.3, 0.4) is 0 Å². The molecular weight excluding hydrogens is 667 g/mol. The van der Waals surface area contributed by atoms with Crippen LogP contribution in [0, 0.1) is 0 Å². The molecule has 0 unspecified atom stereocenters.